The van der Waals surface area contributed by atoms with Crippen LogP contribution in [0.3, 0.4) is 0 Å². The number of halogens is 2. The number of ether oxygens (including phenoxy) is 1. The first kappa shape index (κ1) is 14.9. The molecule has 0 aliphatic carbocycles. The Labute approximate surface area is 124 Å². The van der Waals surface area contributed by atoms with Crippen molar-refractivity contribution < 1.29 is 18.7 Å². The number of rotatable bonds is 3. The molecule has 0 radical (unpaired) electrons. The van der Waals surface area contributed by atoms with E-state index >= 15 is 0 Å². The molecule has 108 valence electrons. The molecular weight excluding hydrogens is 331 g/mol. The van der Waals surface area contributed by atoms with Gasteiger partial charge in [-0.2, -0.15) is 0 Å². The summed E-state index contributed by atoms with van der Waals surface area (Å²) in [6, 6.07) is 2.80. The van der Waals surface area contributed by atoms with Crippen molar-refractivity contribution in [1.29, 1.82) is 0 Å². The predicted molar refractivity (Wildman–Crippen MR) is 75.0 cm³/mol. The summed E-state index contributed by atoms with van der Waals surface area (Å²) in [7, 11) is 1.17. The van der Waals surface area contributed by atoms with E-state index in [0.717, 1.165) is 0 Å². The summed E-state index contributed by atoms with van der Waals surface area (Å²) >= 11 is 3.21. The molecule has 1 aromatic carbocycles. The van der Waals surface area contributed by atoms with Crippen molar-refractivity contribution in [3.63, 3.8) is 0 Å². The number of carbonyl (C=O) groups is 2. The maximum absolute atomic E-state index is 14.4. The quantitative estimate of drug-likeness (QED) is 0.847. The molecule has 1 fully saturated rings. The van der Waals surface area contributed by atoms with Gasteiger partial charge in [-0.1, -0.05) is 15.9 Å². The van der Waals surface area contributed by atoms with Crippen LogP contribution in [0.1, 0.15) is 16.8 Å². The lowest BCUT2D eigenvalue weighted by molar-refractivity contribution is -0.117. The lowest BCUT2D eigenvalue weighted by atomic mass is 10.1. The molecule has 0 aromatic heterocycles. The highest BCUT2D eigenvalue weighted by Crippen LogP contribution is 2.32. The van der Waals surface area contributed by atoms with Gasteiger partial charge in [-0.15, -0.1) is 0 Å². The van der Waals surface area contributed by atoms with Gasteiger partial charge >= 0.3 is 5.97 Å². The van der Waals surface area contributed by atoms with Gasteiger partial charge in [0.2, 0.25) is 5.91 Å². The molecule has 2 N–H and O–H groups in total. The Hall–Kier alpha value is -1.47. The van der Waals surface area contributed by atoms with Gasteiger partial charge in [0.1, 0.15) is 0 Å². The molecule has 1 aromatic rings. The number of methoxy groups -OCH3 is 1. The first-order valence-corrected chi connectivity index (χ1v) is 6.85. The number of hydrogen-bond donors (Lipinski definition) is 1. The lowest BCUT2D eigenvalue weighted by Crippen LogP contribution is -2.27. The Morgan fingerprint density at radius 3 is 2.85 bits per heavy atom. The molecule has 2 rings (SSSR count). The highest BCUT2D eigenvalue weighted by atomic mass is 79.9. The highest BCUT2D eigenvalue weighted by Gasteiger charge is 2.32. The average Bonchev–Trinajstić information content (AvgIpc) is 2.81. The fourth-order valence-corrected chi connectivity index (χ4v) is 2.65. The number of carbonyl (C=O) groups excluding carboxylic acids is 2. The van der Waals surface area contributed by atoms with E-state index in [1.165, 1.54) is 24.1 Å². The monoisotopic (exact) mass is 344 g/mol. The topological polar surface area (TPSA) is 72.6 Å². The Bertz CT molecular complexity index is 565. The van der Waals surface area contributed by atoms with E-state index in [-0.39, 0.29) is 29.5 Å². The Balaban J connectivity index is 2.44. The summed E-state index contributed by atoms with van der Waals surface area (Å²) < 4.78 is 19.4. The molecule has 1 heterocycles. The molecular formula is C13H14BrFN2O3. The molecule has 0 saturated carbocycles. The van der Waals surface area contributed by atoms with Crippen LogP contribution in [0, 0.1) is 11.7 Å². The van der Waals surface area contributed by atoms with E-state index in [2.05, 4.69) is 20.7 Å². The van der Waals surface area contributed by atoms with Crippen LogP contribution in [0.2, 0.25) is 0 Å². The van der Waals surface area contributed by atoms with E-state index in [4.69, 9.17) is 5.73 Å². The van der Waals surface area contributed by atoms with Crippen LogP contribution >= 0.6 is 15.9 Å². The van der Waals surface area contributed by atoms with E-state index in [1.54, 1.807) is 0 Å². The number of amides is 1. The van der Waals surface area contributed by atoms with Crippen LogP contribution in [-0.4, -0.2) is 32.1 Å². The van der Waals surface area contributed by atoms with Gasteiger partial charge in [-0.05, 0) is 24.6 Å². The van der Waals surface area contributed by atoms with Crippen LogP contribution in [0.4, 0.5) is 10.1 Å². The SMILES string of the molecule is COC(=O)c1cc(Br)cc(N2CC(CN)CC2=O)c1F. The number of hydrogen-bond acceptors (Lipinski definition) is 4. The van der Waals surface area contributed by atoms with Crippen molar-refractivity contribution >= 4 is 33.5 Å². The van der Waals surface area contributed by atoms with E-state index in [0.29, 0.717) is 17.6 Å². The average molecular weight is 345 g/mol. The molecule has 1 saturated heterocycles. The molecule has 1 atom stereocenters. The van der Waals surface area contributed by atoms with Crippen molar-refractivity contribution in [1.82, 2.24) is 0 Å². The maximum atomic E-state index is 14.4. The van der Waals surface area contributed by atoms with Gasteiger partial charge in [-0.25, -0.2) is 9.18 Å². The van der Waals surface area contributed by atoms with Crippen LogP contribution in [-0.2, 0) is 9.53 Å². The molecule has 7 heteroatoms. The van der Waals surface area contributed by atoms with Crippen LogP contribution < -0.4 is 10.6 Å². The van der Waals surface area contributed by atoms with E-state index in [1.807, 2.05) is 0 Å². The lowest BCUT2D eigenvalue weighted by Gasteiger charge is -2.19. The zero-order valence-electron chi connectivity index (χ0n) is 10.9. The molecule has 1 aliphatic rings. The summed E-state index contributed by atoms with van der Waals surface area (Å²) in [6.07, 6.45) is 0.288. The zero-order valence-corrected chi connectivity index (χ0v) is 12.4. The standard InChI is InChI=1S/C13H14BrFN2O3/c1-20-13(19)9-3-8(14)4-10(12(9)15)17-6-7(5-16)2-11(17)18/h3-4,7H,2,5-6,16H2,1H3. The van der Waals surface area contributed by atoms with Crippen molar-refractivity contribution in [3.05, 3.63) is 28.0 Å². The Morgan fingerprint density at radius 2 is 2.30 bits per heavy atom. The zero-order chi connectivity index (χ0) is 14.9. The fourth-order valence-electron chi connectivity index (χ4n) is 2.20. The minimum Gasteiger partial charge on any atom is -0.465 e. The number of nitrogens with zero attached hydrogens (tertiary/aromatic N) is 1. The molecule has 20 heavy (non-hydrogen) atoms. The third-order valence-electron chi connectivity index (χ3n) is 3.25. The minimum absolute atomic E-state index is 0.00228. The first-order chi connectivity index (χ1) is 9.47. The van der Waals surface area contributed by atoms with Crippen LogP contribution in [0.25, 0.3) is 0 Å². The van der Waals surface area contributed by atoms with Gasteiger partial charge < -0.3 is 15.4 Å². The van der Waals surface area contributed by atoms with Gasteiger partial charge in [0.25, 0.3) is 0 Å². The molecule has 1 aliphatic heterocycles. The summed E-state index contributed by atoms with van der Waals surface area (Å²) in [4.78, 5) is 24.8. The van der Waals surface area contributed by atoms with E-state index < -0.39 is 11.8 Å². The van der Waals surface area contributed by atoms with Crippen molar-refractivity contribution in [2.24, 2.45) is 11.7 Å². The second-order valence-electron chi connectivity index (χ2n) is 4.59. The third-order valence-corrected chi connectivity index (χ3v) is 3.71. The van der Waals surface area contributed by atoms with Crippen molar-refractivity contribution in [3.8, 4) is 0 Å². The third kappa shape index (κ3) is 2.69. The largest absolute Gasteiger partial charge is 0.465 e. The molecule has 1 amide bonds. The van der Waals surface area contributed by atoms with Gasteiger partial charge in [0, 0.05) is 17.4 Å². The maximum Gasteiger partial charge on any atom is 0.340 e. The first-order valence-electron chi connectivity index (χ1n) is 6.05. The van der Waals surface area contributed by atoms with Crippen molar-refractivity contribution in [2.45, 2.75) is 6.42 Å². The molecule has 1 unspecified atom stereocenters. The van der Waals surface area contributed by atoms with Crippen LogP contribution in [0.15, 0.2) is 16.6 Å². The molecule has 0 bridgehead atoms. The summed E-state index contributed by atoms with van der Waals surface area (Å²) in [6.45, 7) is 0.713. The predicted octanol–water partition coefficient (Wildman–Crippen LogP) is 1.69. The van der Waals surface area contributed by atoms with Gasteiger partial charge in [-0.3, -0.25) is 4.79 Å². The minimum atomic E-state index is -0.785. The smallest absolute Gasteiger partial charge is 0.340 e. The normalized spacial score (nSPS) is 18.5. The number of esters is 1. The second-order valence-corrected chi connectivity index (χ2v) is 5.50. The van der Waals surface area contributed by atoms with E-state index in [9.17, 15) is 14.0 Å². The van der Waals surface area contributed by atoms with Gasteiger partial charge in [0.15, 0.2) is 5.82 Å². The summed E-state index contributed by atoms with van der Waals surface area (Å²) in [5.74, 6) is -1.74. The van der Waals surface area contributed by atoms with Crippen molar-refractivity contribution in [2.75, 3.05) is 25.1 Å². The molecule has 0 spiro atoms. The second kappa shape index (κ2) is 5.88. The fraction of sp³-hybridized carbons (Fsp3) is 0.385. The number of nitrogens with two attached hydrogens (primary N) is 1. The van der Waals surface area contributed by atoms with Gasteiger partial charge in [0.05, 0.1) is 18.4 Å². The van der Waals surface area contributed by atoms with Crippen LogP contribution in [0.5, 0.6) is 0 Å². The highest BCUT2D eigenvalue weighted by molar-refractivity contribution is 9.10. The number of benzene rings is 1. The Morgan fingerprint density at radius 1 is 1.60 bits per heavy atom. The summed E-state index contributed by atoms with van der Waals surface area (Å²) in [5, 5.41) is 0. The summed E-state index contributed by atoms with van der Waals surface area (Å²) in [5.41, 5.74) is 5.41. The Kier molecular flexibility index (Phi) is 4.39. The number of anilines is 1. The molecule has 5 nitrogen and oxygen atoms in total.